The smallest absolute Gasteiger partial charge is 0.240 e. The Kier molecular flexibility index (Phi) is 3.49. The molecule has 0 fully saturated rings. The predicted octanol–water partition coefficient (Wildman–Crippen LogP) is 2.29. The van der Waals surface area contributed by atoms with Crippen molar-refractivity contribution in [1.29, 1.82) is 0 Å². The molecule has 4 nitrogen and oxygen atoms in total. The molecule has 0 saturated heterocycles. The number of benzene rings is 1. The molecule has 0 saturated carbocycles. The van der Waals surface area contributed by atoms with E-state index in [2.05, 4.69) is 15.5 Å². The Bertz CT molecular complexity index is 490. The van der Waals surface area contributed by atoms with Crippen molar-refractivity contribution in [2.24, 2.45) is 0 Å². The predicted molar refractivity (Wildman–Crippen MR) is 61.8 cm³/mol. The van der Waals surface area contributed by atoms with Gasteiger partial charge in [-0.1, -0.05) is 12.1 Å². The van der Waals surface area contributed by atoms with Crippen LogP contribution in [0.2, 0.25) is 0 Å². The van der Waals surface area contributed by atoms with Crippen LogP contribution in [0.5, 0.6) is 0 Å². The van der Waals surface area contributed by atoms with Gasteiger partial charge in [-0.05, 0) is 37.2 Å². The number of rotatable bonds is 4. The Morgan fingerprint density at radius 3 is 2.88 bits per heavy atom. The third kappa shape index (κ3) is 2.88. The van der Waals surface area contributed by atoms with Gasteiger partial charge in [-0.25, -0.2) is 4.39 Å². The van der Waals surface area contributed by atoms with Crippen molar-refractivity contribution in [2.45, 2.75) is 20.4 Å². The van der Waals surface area contributed by atoms with Gasteiger partial charge in [0.25, 0.3) is 0 Å². The number of aryl methyl sites for hydroxylation is 1. The summed E-state index contributed by atoms with van der Waals surface area (Å²) in [5.74, 6) is 0.627. The summed E-state index contributed by atoms with van der Waals surface area (Å²) < 4.78 is 18.3. The molecule has 0 unspecified atom stereocenters. The van der Waals surface area contributed by atoms with Gasteiger partial charge in [-0.3, -0.25) is 0 Å². The number of hydrogen-bond acceptors (Lipinski definition) is 4. The van der Waals surface area contributed by atoms with E-state index < -0.39 is 0 Å². The van der Waals surface area contributed by atoms with E-state index in [-0.39, 0.29) is 5.82 Å². The molecule has 1 N–H and O–H groups in total. The maximum atomic E-state index is 13.2. The molecule has 1 heterocycles. The van der Waals surface area contributed by atoms with Gasteiger partial charge in [0.05, 0.1) is 6.54 Å². The largest absolute Gasteiger partial charge is 0.338 e. The lowest BCUT2D eigenvalue weighted by molar-refractivity contribution is 0.369. The molecule has 0 aliphatic heterocycles. The van der Waals surface area contributed by atoms with E-state index >= 15 is 0 Å². The first kappa shape index (κ1) is 11.7. The highest BCUT2D eigenvalue weighted by atomic mass is 19.1. The van der Waals surface area contributed by atoms with Crippen molar-refractivity contribution < 1.29 is 8.91 Å². The van der Waals surface area contributed by atoms with Gasteiger partial charge >= 0.3 is 0 Å². The summed E-state index contributed by atoms with van der Waals surface area (Å²) in [5, 5.41) is 6.91. The minimum atomic E-state index is -0.293. The second kappa shape index (κ2) is 5.05. The van der Waals surface area contributed by atoms with E-state index in [0.717, 1.165) is 12.1 Å². The minimum absolute atomic E-state index is 0.293. The first-order valence-corrected chi connectivity index (χ1v) is 5.50. The van der Waals surface area contributed by atoms with Crippen LogP contribution in [0.3, 0.4) is 0 Å². The molecule has 1 aromatic heterocycles. The van der Waals surface area contributed by atoms with Crippen molar-refractivity contribution in [3.63, 3.8) is 0 Å². The van der Waals surface area contributed by atoms with Crippen LogP contribution in [0.15, 0.2) is 22.7 Å². The average molecular weight is 235 g/mol. The highest BCUT2D eigenvalue weighted by Gasteiger charge is 2.09. The van der Waals surface area contributed by atoms with E-state index in [1.807, 2.05) is 19.9 Å². The molecule has 17 heavy (non-hydrogen) atoms. The lowest BCUT2D eigenvalue weighted by Gasteiger charge is -1.97. The molecule has 2 aromatic rings. The number of nitrogens with zero attached hydrogens (tertiary/aromatic N) is 2. The molecule has 0 amide bonds. The second-order valence-corrected chi connectivity index (χ2v) is 3.81. The number of halogens is 1. The Morgan fingerprint density at radius 1 is 1.35 bits per heavy atom. The van der Waals surface area contributed by atoms with Gasteiger partial charge in [0.1, 0.15) is 5.82 Å². The van der Waals surface area contributed by atoms with E-state index in [1.165, 1.54) is 12.1 Å². The molecule has 0 bridgehead atoms. The summed E-state index contributed by atoms with van der Waals surface area (Å²) in [7, 11) is 0. The normalized spacial score (nSPS) is 10.8. The monoisotopic (exact) mass is 235 g/mol. The summed E-state index contributed by atoms with van der Waals surface area (Å²) in [6.45, 7) is 5.17. The van der Waals surface area contributed by atoms with Crippen molar-refractivity contribution in [3.8, 4) is 11.4 Å². The van der Waals surface area contributed by atoms with Gasteiger partial charge in [0.15, 0.2) is 0 Å². The molecule has 1 aromatic carbocycles. The summed E-state index contributed by atoms with van der Waals surface area (Å²) in [5.41, 5.74) is 1.46. The zero-order chi connectivity index (χ0) is 12.3. The summed E-state index contributed by atoms with van der Waals surface area (Å²) in [4.78, 5) is 4.19. The van der Waals surface area contributed by atoms with Crippen LogP contribution in [-0.2, 0) is 6.54 Å². The first-order valence-electron chi connectivity index (χ1n) is 5.50. The van der Waals surface area contributed by atoms with Crippen LogP contribution < -0.4 is 5.32 Å². The van der Waals surface area contributed by atoms with Gasteiger partial charge in [-0.15, -0.1) is 0 Å². The molecular formula is C12H14FN3O. The van der Waals surface area contributed by atoms with Crippen LogP contribution in [0.1, 0.15) is 18.4 Å². The van der Waals surface area contributed by atoms with Crippen LogP contribution in [0, 0.1) is 12.7 Å². The Balaban J connectivity index is 2.24. The Labute approximate surface area is 98.8 Å². The third-order valence-corrected chi connectivity index (χ3v) is 2.29. The molecular weight excluding hydrogens is 221 g/mol. The maximum absolute atomic E-state index is 13.2. The second-order valence-electron chi connectivity index (χ2n) is 3.81. The Hall–Kier alpha value is -1.75. The zero-order valence-electron chi connectivity index (χ0n) is 9.83. The average Bonchev–Trinajstić information content (AvgIpc) is 2.73. The van der Waals surface area contributed by atoms with Crippen LogP contribution in [0.4, 0.5) is 4.39 Å². The molecule has 5 heteroatoms. The fourth-order valence-corrected chi connectivity index (χ4v) is 1.54. The van der Waals surface area contributed by atoms with Gasteiger partial charge < -0.3 is 9.84 Å². The van der Waals surface area contributed by atoms with Crippen molar-refractivity contribution in [1.82, 2.24) is 15.5 Å². The minimum Gasteiger partial charge on any atom is -0.338 e. The van der Waals surface area contributed by atoms with Crippen LogP contribution in [-0.4, -0.2) is 16.7 Å². The van der Waals surface area contributed by atoms with E-state index in [0.29, 0.717) is 23.8 Å². The quantitative estimate of drug-likeness (QED) is 0.883. The SMILES string of the molecule is CCNCc1nc(-c2cc(C)cc(F)c2)no1. The lowest BCUT2D eigenvalue weighted by atomic mass is 10.1. The number of nitrogens with one attached hydrogen (secondary N) is 1. The molecule has 0 radical (unpaired) electrons. The molecule has 90 valence electrons. The van der Waals surface area contributed by atoms with E-state index in [4.69, 9.17) is 4.52 Å². The number of aromatic nitrogens is 2. The number of hydrogen-bond donors (Lipinski definition) is 1. The van der Waals surface area contributed by atoms with Crippen molar-refractivity contribution >= 4 is 0 Å². The third-order valence-electron chi connectivity index (χ3n) is 2.29. The van der Waals surface area contributed by atoms with Crippen LogP contribution in [0.25, 0.3) is 11.4 Å². The molecule has 0 atom stereocenters. The molecule has 0 aliphatic carbocycles. The highest BCUT2D eigenvalue weighted by Crippen LogP contribution is 2.18. The fraction of sp³-hybridized carbons (Fsp3) is 0.333. The summed E-state index contributed by atoms with van der Waals surface area (Å²) >= 11 is 0. The van der Waals surface area contributed by atoms with Gasteiger partial charge in [-0.2, -0.15) is 4.98 Å². The molecule has 0 aliphatic rings. The maximum Gasteiger partial charge on any atom is 0.240 e. The topological polar surface area (TPSA) is 51.0 Å². The first-order chi connectivity index (χ1) is 8.19. The highest BCUT2D eigenvalue weighted by molar-refractivity contribution is 5.55. The van der Waals surface area contributed by atoms with E-state index in [1.54, 1.807) is 0 Å². The van der Waals surface area contributed by atoms with Crippen molar-refractivity contribution in [3.05, 3.63) is 35.5 Å². The molecule has 0 spiro atoms. The zero-order valence-corrected chi connectivity index (χ0v) is 9.83. The van der Waals surface area contributed by atoms with Crippen molar-refractivity contribution in [2.75, 3.05) is 6.54 Å². The van der Waals surface area contributed by atoms with Gasteiger partial charge in [0.2, 0.25) is 11.7 Å². The van der Waals surface area contributed by atoms with Crippen LogP contribution >= 0.6 is 0 Å². The van der Waals surface area contributed by atoms with Gasteiger partial charge in [0, 0.05) is 5.56 Å². The Morgan fingerprint density at radius 2 is 2.18 bits per heavy atom. The summed E-state index contributed by atoms with van der Waals surface area (Å²) in [6, 6.07) is 4.68. The lowest BCUT2D eigenvalue weighted by Crippen LogP contribution is -2.11. The summed E-state index contributed by atoms with van der Waals surface area (Å²) in [6.07, 6.45) is 0. The van der Waals surface area contributed by atoms with E-state index in [9.17, 15) is 4.39 Å². The molecule has 2 rings (SSSR count). The fourth-order valence-electron chi connectivity index (χ4n) is 1.54. The standard InChI is InChI=1S/C12H14FN3O/c1-3-14-7-11-15-12(16-17-11)9-4-8(2)5-10(13)6-9/h4-6,14H,3,7H2,1-2H3.